The quantitative estimate of drug-likeness (QED) is 0.799. The average Bonchev–Trinajstić information content (AvgIpc) is 2.35. The molecule has 0 unspecified atom stereocenters. The number of nitrogens with zero attached hydrogens (tertiary/aromatic N) is 2. The summed E-state index contributed by atoms with van der Waals surface area (Å²) in [4.78, 5) is 11.7. The Balaban J connectivity index is 2.16. The molecule has 2 rings (SSSR count). The molecular weight excluding hydrogens is 242 g/mol. The molecule has 1 amide bonds. The Hall–Kier alpha value is -2.14. The molecule has 1 aromatic carbocycles. The van der Waals surface area contributed by atoms with E-state index in [1.54, 1.807) is 12.1 Å². The van der Waals surface area contributed by atoms with Crippen molar-refractivity contribution in [1.82, 2.24) is 10.2 Å². The van der Waals surface area contributed by atoms with Gasteiger partial charge >= 0.3 is 0 Å². The predicted molar refractivity (Wildman–Crippen MR) is 63.1 cm³/mol. The molecule has 0 spiro atoms. The summed E-state index contributed by atoms with van der Waals surface area (Å²) >= 11 is 5.72. The number of rotatable bonds is 2. The van der Waals surface area contributed by atoms with Gasteiger partial charge in [-0.3, -0.25) is 4.79 Å². The van der Waals surface area contributed by atoms with Crippen LogP contribution in [0.4, 0.5) is 5.69 Å². The van der Waals surface area contributed by atoms with Crippen LogP contribution in [0.5, 0.6) is 5.75 Å². The number of amides is 1. The topological polar surface area (TPSA) is 75.1 Å². The molecule has 6 heteroatoms. The van der Waals surface area contributed by atoms with Gasteiger partial charge in [0.1, 0.15) is 5.75 Å². The Bertz CT molecular complexity index is 546. The molecule has 17 heavy (non-hydrogen) atoms. The largest absolute Gasteiger partial charge is 0.506 e. The summed E-state index contributed by atoms with van der Waals surface area (Å²) in [6.07, 6.45) is 2.79. The monoisotopic (exact) mass is 249 g/mol. The Morgan fingerprint density at radius 2 is 2.12 bits per heavy atom. The molecule has 0 bridgehead atoms. The SMILES string of the molecule is O=C(Nc1ccc(O)c(Cl)c1)c1ccnnc1. The molecular formula is C11H8ClN3O2. The van der Waals surface area contributed by atoms with Crippen LogP contribution in [0.15, 0.2) is 36.7 Å². The molecule has 0 aliphatic carbocycles. The molecule has 86 valence electrons. The van der Waals surface area contributed by atoms with Gasteiger partial charge in [-0.25, -0.2) is 0 Å². The van der Waals surface area contributed by atoms with Gasteiger partial charge < -0.3 is 10.4 Å². The predicted octanol–water partition coefficient (Wildman–Crippen LogP) is 2.09. The van der Waals surface area contributed by atoms with Crippen LogP contribution in [-0.4, -0.2) is 21.2 Å². The van der Waals surface area contributed by atoms with Crippen molar-refractivity contribution in [2.24, 2.45) is 0 Å². The molecule has 5 nitrogen and oxygen atoms in total. The van der Waals surface area contributed by atoms with E-state index in [0.717, 1.165) is 0 Å². The molecule has 1 aromatic heterocycles. The van der Waals surface area contributed by atoms with Gasteiger partial charge in [-0.15, -0.1) is 0 Å². The zero-order valence-corrected chi connectivity index (χ0v) is 9.35. The minimum Gasteiger partial charge on any atom is -0.506 e. The number of halogens is 1. The Morgan fingerprint density at radius 1 is 1.29 bits per heavy atom. The lowest BCUT2D eigenvalue weighted by molar-refractivity contribution is 0.102. The van der Waals surface area contributed by atoms with Gasteiger partial charge in [-0.05, 0) is 24.3 Å². The summed E-state index contributed by atoms with van der Waals surface area (Å²) in [6, 6.07) is 5.96. The Morgan fingerprint density at radius 3 is 2.76 bits per heavy atom. The highest BCUT2D eigenvalue weighted by atomic mass is 35.5. The smallest absolute Gasteiger partial charge is 0.257 e. The van der Waals surface area contributed by atoms with Gasteiger partial charge in [0.15, 0.2) is 0 Å². The molecule has 0 saturated heterocycles. The van der Waals surface area contributed by atoms with E-state index in [1.165, 1.54) is 24.5 Å². The normalized spacial score (nSPS) is 9.94. The molecule has 0 aliphatic heterocycles. The van der Waals surface area contributed by atoms with Gasteiger partial charge in [0.2, 0.25) is 0 Å². The highest BCUT2D eigenvalue weighted by molar-refractivity contribution is 6.32. The fourth-order valence-electron chi connectivity index (χ4n) is 1.21. The van der Waals surface area contributed by atoms with Crippen LogP contribution in [0.3, 0.4) is 0 Å². The molecule has 0 aliphatic rings. The van der Waals surface area contributed by atoms with Crippen LogP contribution in [0.25, 0.3) is 0 Å². The molecule has 0 saturated carbocycles. The average molecular weight is 250 g/mol. The van der Waals surface area contributed by atoms with Crippen LogP contribution in [-0.2, 0) is 0 Å². The van der Waals surface area contributed by atoms with Gasteiger partial charge in [0, 0.05) is 5.69 Å². The third kappa shape index (κ3) is 2.70. The number of benzene rings is 1. The van der Waals surface area contributed by atoms with E-state index in [0.29, 0.717) is 11.3 Å². The number of hydrogen-bond acceptors (Lipinski definition) is 4. The molecule has 0 radical (unpaired) electrons. The highest BCUT2D eigenvalue weighted by Gasteiger charge is 2.07. The minimum absolute atomic E-state index is 0.0322. The fourth-order valence-corrected chi connectivity index (χ4v) is 1.39. The lowest BCUT2D eigenvalue weighted by atomic mass is 10.2. The Kier molecular flexibility index (Phi) is 3.20. The minimum atomic E-state index is -0.318. The number of anilines is 1. The zero-order valence-electron chi connectivity index (χ0n) is 8.59. The van der Waals surface area contributed by atoms with Crippen molar-refractivity contribution in [2.45, 2.75) is 0 Å². The maximum Gasteiger partial charge on any atom is 0.257 e. The Labute approximate surface area is 102 Å². The summed E-state index contributed by atoms with van der Waals surface area (Å²) in [5, 5.41) is 19.2. The number of carbonyl (C=O) groups is 1. The van der Waals surface area contributed by atoms with Gasteiger partial charge in [0.05, 0.1) is 23.0 Å². The van der Waals surface area contributed by atoms with Crippen molar-refractivity contribution >= 4 is 23.2 Å². The molecule has 2 aromatic rings. The summed E-state index contributed by atoms with van der Waals surface area (Å²) in [5.74, 6) is -0.350. The standard InChI is InChI=1S/C11H8ClN3O2/c12-9-5-8(1-2-10(9)16)15-11(17)7-3-4-13-14-6-7/h1-6,16H,(H,15,17). The van der Waals surface area contributed by atoms with Gasteiger partial charge in [0.25, 0.3) is 5.91 Å². The first-order valence-corrected chi connectivity index (χ1v) is 5.11. The van der Waals surface area contributed by atoms with E-state index in [2.05, 4.69) is 15.5 Å². The first kappa shape index (κ1) is 11.3. The zero-order chi connectivity index (χ0) is 12.3. The molecule has 0 atom stereocenters. The van der Waals surface area contributed by atoms with Crippen molar-refractivity contribution < 1.29 is 9.90 Å². The number of phenolic OH excluding ortho intramolecular Hbond substituents is 1. The van der Waals surface area contributed by atoms with E-state index in [9.17, 15) is 9.90 Å². The van der Waals surface area contributed by atoms with Crippen LogP contribution >= 0.6 is 11.6 Å². The lowest BCUT2D eigenvalue weighted by Gasteiger charge is -2.05. The lowest BCUT2D eigenvalue weighted by Crippen LogP contribution is -2.12. The van der Waals surface area contributed by atoms with E-state index in [1.807, 2.05) is 0 Å². The maximum absolute atomic E-state index is 11.7. The second-order valence-electron chi connectivity index (χ2n) is 3.25. The van der Waals surface area contributed by atoms with E-state index >= 15 is 0 Å². The van der Waals surface area contributed by atoms with Crippen molar-refractivity contribution in [2.75, 3.05) is 5.32 Å². The van der Waals surface area contributed by atoms with Crippen LogP contribution in [0, 0.1) is 0 Å². The van der Waals surface area contributed by atoms with Crippen LogP contribution < -0.4 is 5.32 Å². The number of carbonyl (C=O) groups excluding carboxylic acids is 1. The van der Waals surface area contributed by atoms with E-state index in [-0.39, 0.29) is 16.7 Å². The molecule has 2 N–H and O–H groups in total. The number of aromatic hydroxyl groups is 1. The van der Waals surface area contributed by atoms with Crippen molar-refractivity contribution in [3.63, 3.8) is 0 Å². The highest BCUT2D eigenvalue weighted by Crippen LogP contribution is 2.26. The maximum atomic E-state index is 11.7. The molecule has 1 heterocycles. The van der Waals surface area contributed by atoms with Crippen molar-refractivity contribution in [3.05, 3.63) is 47.2 Å². The summed E-state index contributed by atoms with van der Waals surface area (Å²) in [5.41, 5.74) is 0.888. The van der Waals surface area contributed by atoms with Crippen molar-refractivity contribution in [3.8, 4) is 5.75 Å². The van der Waals surface area contributed by atoms with Gasteiger partial charge in [-0.1, -0.05) is 11.6 Å². The second kappa shape index (κ2) is 4.80. The van der Waals surface area contributed by atoms with Crippen LogP contribution in [0.1, 0.15) is 10.4 Å². The second-order valence-corrected chi connectivity index (χ2v) is 3.66. The van der Waals surface area contributed by atoms with Crippen LogP contribution in [0.2, 0.25) is 5.02 Å². The van der Waals surface area contributed by atoms with E-state index < -0.39 is 0 Å². The number of hydrogen-bond donors (Lipinski definition) is 2. The number of phenols is 1. The fraction of sp³-hybridized carbons (Fsp3) is 0. The molecule has 0 fully saturated rings. The third-order valence-electron chi connectivity index (χ3n) is 2.05. The van der Waals surface area contributed by atoms with Crippen molar-refractivity contribution in [1.29, 1.82) is 0 Å². The number of nitrogens with one attached hydrogen (secondary N) is 1. The summed E-state index contributed by atoms with van der Waals surface area (Å²) in [7, 11) is 0. The van der Waals surface area contributed by atoms with Gasteiger partial charge in [-0.2, -0.15) is 10.2 Å². The first-order valence-electron chi connectivity index (χ1n) is 4.73. The first-order chi connectivity index (χ1) is 8.16. The van der Waals surface area contributed by atoms with E-state index in [4.69, 9.17) is 11.6 Å². The number of aromatic nitrogens is 2. The summed E-state index contributed by atoms with van der Waals surface area (Å²) in [6.45, 7) is 0. The summed E-state index contributed by atoms with van der Waals surface area (Å²) < 4.78 is 0. The third-order valence-corrected chi connectivity index (χ3v) is 2.35.